The Morgan fingerprint density at radius 3 is 2.86 bits per heavy atom. The van der Waals surface area contributed by atoms with Gasteiger partial charge in [0.2, 0.25) is 5.91 Å². The van der Waals surface area contributed by atoms with Gasteiger partial charge in [-0.2, -0.15) is 5.10 Å². The molecule has 0 saturated carbocycles. The van der Waals surface area contributed by atoms with E-state index >= 15 is 0 Å². The molecule has 144 valence electrons. The van der Waals surface area contributed by atoms with Crippen molar-refractivity contribution in [3.05, 3.63) is 59.1 Å². The van der Waals surface area contributed by atoms with Crippen molar-refractivity contribution >= 4 is 40.6 Å². The van der Waals surface area contributed by atoms with Crippen molar-refractivity contribution in [3.8, 4) is 5.82 Å². The molecule has 1 fully saturated rings. The first kappa shape index (κ1) is 18.7. The van der Waals surface area contributed by atoms with Gasteiger partial charge in [-0.15, -0.1) is 0 Å². The van der Waals surface area contributed by atoms with Crippen LogP contribution in [0, 0.1) is 5.92 Å². The maximum Gasteiger partial charge on any atom is 0.229 e. The number of nitrogens with one attached hydrogen (secondary N) is 1. The quantitative estimate of drug-likeness (QED) is 0.699. The summed E-state index contributed by atoms with van der Waals surface area (Å²) in [5.74, 6) is 1.22. The fourth-order valence-electron chi connectivity index (χ4n) is 3.27. The summed E-state index contributed by atoms with van der Waals surface area (Å²) < 4.78 is 1.68. The molecule has 1 saturated heterocycles. The lowest BCUT2D eigenvalue weighted by Crippen LogP contribution is -2.41. The van der Waals surface area contributed by atoms with Crippen molar-refractivity contribution < 1.29 is 4.79 Å². The molecular weight excluding hydrogens is 399 g/mol. The Kier molecular flexibility index (Phi) is 5.45. The van der Waals surface area contributed by atoms with E-state index in [-0.39, 0.29) is 11.8 Å². The van der Waals surface area contributed by atoms with Gasteiger partial charge in [0.1, 0.15) is 12.1 Å². The van der Waals surface area contributed by atoms with E-state index < -0.39 is 0 Å². The Balaban J connectivity index is 1.48. The average Bonchev–Trinajstić information content (AvgIpc) is 3.27. The molecule has 0 unspecified atom stereocenters. The zero-order valence-corrected chi connectivity index (χ0v) is 16.4. The average molecular weight is 417 g/mol. The van der Waals surface area contributed by atoms with Crippen LogP contribution < -0.4 is 10.2 Å². The van der Waals surface area contributed by atoms with Crippen LogP contribution in [0.2, 0.25) is 10.0 Å². The predicted molar refractivity (Wildman–Crippen MR) is 109 cm³/mol. The molecule has 1 N–H and O–H groups in total. The molecule has 1 aromatic carbocycles. The lowest BCUT2D eigenvalue weighted by Gasteiger charge is -2.33. The molecule has 1 amide bonds. The maximum absolute atomic E-state index is 12.8. The third kappa shape index (κ3) is 3.95. The number of hydrogen-bond acceptors (Lipinski definition) is 5. The molecule has 3 aromatic rings. The van der Waals surface area contributed by atoms with E-state index in [9.17, 15) is 4.79 Å². The van der Waals surface area contributed by atoms with Crippen LogP contribution in [0.15, 0.2) is 49.1 Å². The summed E-state index contributed by atoms with van der Waals surface area (Å²) in [6, 6.07) is 8.90. The minimum atomic E-state index is -0.174. The topological polar surface area (TPSA) is 75.9 Å². The summed E-state index contributed by atoms with van der Waals surface area (Å²) in [7, 11) is 0. The molecule has 0 bridgehead atoms. The van der Waals surface area contributed by atoms with Crippen LogP contribution in [0.5, 0.6) is 0 Å². The van der Waals surface area contributed by atoms with Gasteiger partial charge in [-0.3, -0.25) is 4.79 Å². The van der Waals surface area contributed by atoms with Crippen molar-refractivity contribution in [2.24, 2.45) is 5.92 Å². The molecule has 2 aromatic heterocycles. The molecule has 0 aliphatic carbocycles. The molecule has 0 radical (unpaired) electrons. The van der Waals surface area contributed by atoms with Crippen molar-refractivity contribution in [2.45, 2.75) is 12.8 Å². The van der Waals surface area contributed by atoms with Gasteiger partial charge in [0.25, 0.3) is 0 Å². The van der Waals surface area contributed by atoms with Gasteiger partial charge >= 0.3 is 0 Å². The molecule has 1 atom stereocenters. The van der Waals surface area contributed by atoms with Crippen LogP contribution in [0.3, 0.4) is 0 Å². The van der Waals surface area contributed by atoms with Crippen LogP contribution in [0.4, 0.5) is 11.5 Å². The summed E-state index contributed by atoms with van der Waals surface area (Å²) in [6.45, 7) is 1.40. The van der Waals surface area contributed by atoms with Crippen LogP contribution in [-0.2, 0) is 4.79 Å². The van der Waals surface area contributed by atoms with Gasteiger partial charge in [0.05, 0.1) is 21.7 Å². The number of nitrogens with zero attached hydrogens (tertiary/aromatic N) is 5. The van der Waals surface area contributed by atoms with Crippen LogP contribution in [0.1, 0.15) is 12.8 Å². The third-order valence-electron chi connectivity index (χ3n) is 4.70. The van der Waals surface area contributed by atoms with E-state index in [1.165, 1.54) is 6.33 Å². The van der Waals surface area contributed by atoms with E-state index in [1.807, 2.05) is 18.3 Å². The van der Waals surface area contributed by atoms with Crippen molar-refractivity contribution in [1.82, 2.24) is 19.7 Å². The molecule has 28 heavy (non-hydrogen) atoms. The maximum atomic E-state index is 12.8. The highest BCUT2D eigenvalue weighted by Gasteiger charge is 2.27. The number of anilines is 2. The smallest absolute Gasteiger partial charge is 0.229 e. The second kappa shape index (κ2) is 8.16. The van der Waals surface area contributed by atoms with E-state index in [0.717, 1.165) is 25.2 Å². The second-order valence-electron chi connectivity index (χ2n) is 6.56. The monoisotopic (exact) mass is 416 g/mol. The Labute approximate surface area is 172 Å². The highest BCUT2D eigenvalue weighted by Crippen LogP contribution is 2.31. The summed E-state index contributed by atoms with van der Waals surface area (Å²) in [5, 5.41) is 7.86. The molecule has 3 heterocycles. The highest BCUT2D eigenvalue weighted by atomic mass is 35.5. The minimum absolute atomic E-state index is 0.0739. The molecule has 0 spiro atoms. The number of piperidine rings is 1. The fraction of sp³-hybridized carbons (Fsp3) is 0.263. The summed E-state index contributed by atoms with van der Waals surface area (Å²) in [5.41, 5.74) is 0.527. The van der Waals surface area contributed by atoms with Crippen LogP contribution in [0.25, 0.3) is 5.82 Å². The lowest BCUT2D eigenvalue weighted by atomic mass is 9.97. The first-order chi connectivity index (χ1) is 13.6. The molecule has 1 aliphatic rings. The Morgan fingerprint density at radius 2 is 2.04 bits per heavy atom. The number of halogens is 2. The largest absolute Gasteiger partial charge is 0.356 e. The first-order valence-electron chi connectivity index (χ1n) is 8.93. The number of amides is 1. The van der Waals surface area contributed by atoms with Gasteiger partial charge in [0, 0.05) is 31.5 Å². The standard InChI is InChI=1S/C19H18Cl2N6O/c20-14-5-1-6-15(18(14)21)25-19(28)13-4-2-8-26(11-13)16-10-17(23-12-22-16)27-9-3-7-24-27/h1,3,5-7,9-10,12-13H,2,4,8,11H2,(H,25,28)/t13-/m0/s1. The molecular formula is C19H18Cl2N6O. The number of aromatic nitrogens is 4. The predicted octanol–water partition coefficient (Wildman–Crippen LogP) is 3.82. The summed E-state index contributed by atoms with van der Waals surface area (Å²) >= 11 is 12.2. The Hall–Kier alpha value is -2.64. The summed E-state index contributed by atoms with van der Waals surface area (Å²) in [4.78, 5) is 23.5. The normalized spacial score (nSPS) is 16.8. The van der Waals surface area contributed by atoms with Gasteiger partial charge < -0.3 is 10.2 Å². The van der Waals surface area contributed by atoms with E-state index in [2.05, 4.69) is 25.3 Å². The van der Waals surface area contributed by atoms with Gasteiger partial charge in [-0.05, 0) is 31.0 Å². The van der Waals surface area contributed by atoms with Crippen molar-refractivity contribution in [3.63, 3.8) is 0 Å². The fourth-order valence-corrected chi connectivity index (χ4v) is 3.62. The van der Waals surface area contributed by atoms with Gasteiger partial charge in [-0.1, -0.05) is 29.3 Å². The number of carbonyl (C=O) groups excluding carboxylic acids is 1. The number of benzene rings is 1. The van der Waals surface area contributed by atoms with E-state index in [0.29, 0.717) is 28.1 Å². The summed E-state index contributed by atoms with van der Waals surface area (Å²) in [6.07, 6.45) is 6.74. The van der Waals surface area contributed by atoms with Gasteiger partial charge in [-0.25, -0.2) is 14.6 Å². The molecule has 4 rings (SSSR count). The molecule has 9 heteroatoms. The zero-order chi connectivity index (χ0) is 19.5. The number of carbonyl (C=O) groups is 1. The highest BCUT2D eigenvalue weighted by molar-refractivity contribution is 6.44. The first-order valence-corrected chi connectivity index (χ1v) is 9.69. The van der Waals surface area contributed by atoms with Crippen LogP contribution >= 0.6 is 23.2 Å². The Bertz CT molecular complexity index is 978. The Morgan fingerprint density at radius 1 is 1.18 bits per heavy atom. The van der Waals surface area contributed by atoms with Crippen molar-refractivity contribution in [2.75, 3.05) is 23.3 Å². The molecule has 1 aliphatic heterocycles. The van der Waals surface area contributed by atoms with E-state index in [4.69, 9.17) is 23.2 Å². The van der Waals surface area contributed by atoms with Crippen LogP contribution in [-0.4, -0.2) is 38.7 Å². The zero-order valence-electron chi connectivity index (χ0n) is 14.9. The lowest BCUT2D eigenvalue weighted by molar-refractivity contribution is -0.120. The second-order valence-corrected chi connectivity index (χ2v) is 7.35. The SMILES string of the molecule is O=C(Nc1cccc(Cl)c1Cl)[C@H]1CCCN(c2cc(-n3cccn3)ncn2)C1. The van der Waals surface area contributed by atoms with Gasteiger partial charge in [0.15, 0.2) is 5.82 Å². The van der Waals surface area contributed by atoms with E-state index in [1.54, 1.807) is 29.1 Å². The third-order valence-corrected chi connectivity index (χ3v) is 5.52. The minimum Gasteiger partial charge on any atom is -0.356 e. The number of rotatable bonds is 4. The van der Waals surface area contributed by atoms with Crippen molar-refractivity contribution in [1.29, 1.82) is 0 Å². The number of hydrogen-bond donors (Lipinski definition) is 1. The molecule has 7 nitrogen and oxygen atoms in total.